The van der Waals surface area contributed by atoms with Gasteiger partial charge in [0, 0.05) is 32.1 Å². The molecule has 0 aliphatic rings. The first-order chi connectivity index (χ1) is 13.5. The van der Waals surface area contributed by atoms with E-state index in [1.165, 1.54) is 6.20 Å². The van der Waals surface area contributed by atoms with Gasteiger partial charge in [-0.2, -0.15) is 15.3 Å². The van der Waals surface area contributed by atoms with Crippen LogP contribution in [0.25, 0.3) is 22.3 Å². The summed E-state index contributed by atoms with van der Waals surface area (Å²) in [5.74, 6) is 0.376. The summed E-state index contributed by atoms with van der Waals surface area (Å²) in [4.78, 5) is 12.9. The second kappa shape index (κ2) is 6.94. The van der Waals surface area contributed by atoms with Gasteiger partial charge in [-0.1, -0.05) is 0 Å². The first kappa shape index (κ1) is 17.9. The predicted octanol–water partition coefficient (Wildman–Crippen LogP) is 3.46. The number of nitrogens with zero attached hydrogens (tertiary/aromatic N) is 7. The Kier molecular flexibility index (Phi) is 4.45. The summed E-state index contributed by atoms with van der Waals surface area (Å²) in [5.41, 5.74) is 4.95. The molecule has 4 aromatic rings. The van der Waals surface area contributed by atoms with Crippen LogP contribution in [0.4, 0.5) is 5.82 Å². The highest BCUT2D eigenvalue weighted by atomic mass is 35.5. The lowest BCUT2D eigenvalue weighted by atomic mass is 10.0. The Balaban J connectivity index is 1.84. The van der Waals surface area contributed by atoms with Crippen LogP contribution in [0.15, 0.2) is 36.8 Å². The molecule has 0 saturated heterocycles. The van der Waals surface area contributed by atoms with Crippen molar-refractivity contribution in [2.24, 2.45) is 14.1 Å². The van der Waals surface area contributed by atoms with Gasteiger partial charge in [0.2, 0.25) is 5.28 Å². The molecule has 0 spiro atoms. The zero-order valence-electron chi connectivity index (χ0n) is 15.5. The SMILES string of the molecule is CC(Nc1nc(Cl)ncc1C#N)c1nc2ccn(C)c2cc1-c1ccnn1C. The highest BCUT2D eigenvalue weighted by molar-refractivity contribution is 6.28. The van der Waals surface area contributed by atoms with E-state index in [4.69, 9.17) is 16.6 Å². The Bertz CT molecular complexity index is 1220. The molecule has 4 rings (SSSR count). The number of nitrogens with one attached hydrogen (secondary N) is 1. The summed E-state index contributed by atoms with van der Waals surface area (Å²) in [5, 5.41) is 17.0. The molecule has 4 aromatic heterocycles. The third-order valence-electron chi connectivity index (χ3n) is 4.64. The van der Waals surface area contributed by atoms with Crippen LogP contribution in [-0.4, -0.2) is 29.3 Å². The van der Waals surface area contributed by atoms with E-state index >= 15 is 0 Å². The van der Waals surface area contributed by atoms with Gasteiger partial charge in [0.25, 0.3) is 0 Å². The summed E-state index contributed by atoms with van der Waals surface area (Å²) < 4.78 is 3.84. The summed E-state index contributed by atoms with van der Waals surface area (Å²) in [6.07, 6.45) is 5.13. The maximum absolute atomic E-state index is 9.34. The third kappa shape index (κ3) is 3.06. The number of hydrogen-bond acceptors (Lipinski definition) is 6. The lowest BCUT2D eigenvalue weighted by molar-refractivity contribution is 0.769. The zero-order valence-corrected chi connectivity index (χ0v) is 16.3. The molecule has 8 nitrogen and oxygen atoms in total. The molecule has 0 aromatic carbocycles. The smallest absolute Gasteiger partial charge is 0.224 e. The lowest BCUT2D eigenvalue weighted by Gasteiger charge is -2.19. The largest absolute Gasteiger partial charge is 0.361 e. The molecule has 0 aliphatic carbocycles. The molecule has 28 heavy (non-hydrogen) atoms. The van der Waals surface area contributed by atoms with Crippen LogP contribution >= 0.6 is 11.6 Å². The normalized spacial score (nSPS) is 12.1. The second-order valence-corrected chi connectivity index (χ2v) is 6.81. The van der Waals surface area contributed by atoms with Crippen LogP contribution in [0.3, 0.4) is 0 Å². The molecule has 1 unspecified atom stereocenters. The minimum absolute atomic E-state index is 0.0760. The fraction of sp³-hybridized carbons (Fsp3) is 0.211. The molecule has 140 valence electrons. The minimum atomic E-state index is -0.243. The maximum atomic E-state index is 9.34. The van der Waals surface area contributed by atoms with Gasteiger partial charge < -0.3 is 9.88 Å². The molecule has 0 radical (unpaired) electrons. The highest BCUT2D eigenvalue weighted by Crippen LogP contribution is 2.32. The molecule has 1 N–H and O–H groups in total. The first-order valence-electron chi connectivity index (χ1n) is 8.61. The number of hydrogen-bond donors (Lipinski definition) is 1. The number of aromatic nitrogens is 6. The fourth-order valence-electron chi connectivity index (χ4n) is 3.20. The number of halogens is 1. The molecule has 0 bridgehead atoms. The van der Waals surface area contributed by atoms with E-state index in [9.17, 15) is 5.26 Å². The molecule has 0 fully saturated rings. The monoisotopic (exact) mass is 392 g/mol. The molecule has 0 amide bonds. The van der Waals surface area contributed by atoms with E-state index in [1.54, 1.807) is 6.20 Å². The Morgan fingerprint density at radius 1 is 1.25 bits per heavy atom. The van der Waals surface area contributed by atoms with E-state index in [-0.39, 0.29) is 11.3 Å². The molecule has 0 saturated carbocycles. The number of anilines is 1. The van der Waals surface area contributed by atoms with Crippen molar-refractivity contribution in [3.8, 4) is 17.3 Å². The lowest BCUT2D eigenvalue weighted by Crippen LogP contribution is -2.13. The Labute approximate surface area is 166 Å². The van der Waals surface area contributed by atoms with Gasteiger partial charge in [0.15, 0.2) is 0 Å². The average Bonchev–Trinajstić information content (AvgIpc) is 3.26. The van der Waals surface area contributed by atoms with Crippen molar-refractivity contribution in [2.45, 2.75) is 13.0 Å². The van der Waals surface area contributed by atoms with Crippen LogP contribution in [0.5, 0.6) is 0 Å². The summed E-state index contributed by atoms with van der Waals surface area (Å²) in [6.45, 7) is 1.97. The topological polar surface area (TPSA) is 97.2 Å². The molecule has 4 heterocycles. The second-order valence-electron chi connectivity index (χ2n) is 6.47. The number of rotatable bonds is 4. The van der Waals surface area contributed by atoms with Crippen molar-refractivity contribution in [3.63, 3.8) is 0 Å². The number of pyridine rings is 1. The van der Waals surface area contributed by atoms with Crippen LogP contribution in [-0.2, 0) is 14.1 Å². The maximum Gasteiger partial charge on any atom is 0.224 e. The summed E-state index contributed by atoms with van der Waals surface area (Å²) in [7, 11) is 3.88. The van der Waals surface area contributed by atoms with Gasteiger partial charge in [-0.05, 0) is 36.7 Å². The summed E-state index contributed by atoms with van der Waals surface area (Å²) >= 11 is 5.92. The Hall–Kier alpha value is -3.44. The van der Waals surface area contributed by atoms with E-state index in [0.29, 0.717) is 11.4 Å². The van der Waals surface area contributed by atoms with Crippen molar-refractivity contribution in [1.82, 2.24) is 29.3 Å². The molecule has 1 atom stereocenters. The van der Waals surface area contributed by atoms with Crippen molar-refractivity contribution >= 4 is 28.5 Å². The Morgan fingerprint density at radius 2 is 2.07 bits per heavy atom. The van der Waals surface area contributed by atoms with E-state index in [0.717, 1.165) is 28.0 Å². The van der Waals surface area contributed by atoms with Gasteiger partial charge in [0.05, 0.1) is 34.7 Å². The minimum Gasteiger partial charge on any atom is -0.361 e. The van der Waals surface area contributed by atoms with E-state index in [2.05, 4.69) is 32.5 Å². The molecular weight excluding hydrogens is 376 g/mol. The molecule has 0 aliphatic heterocycles. The van der Waals surface area contributed by atoms with Gasteiger partial charge in [-0.15, -0.1) is 0 Å². The van der Waals surface area contributed by atoms with E-state index in [1.807, 2.05) is 48.6 Å². The van der Waals surface area contributed by atoms with Crippen molar-refractivity contribution in [3.05, 3.63) is 53.3 Å². The number of nitriles is 1. The quantitative estimate of drug-likeness (QED) is 0.534. The average molecular weight is 393 g/mol. The van der Waals surface area contributed by atoms with Crippen LogP contribution in [0.2, 0.25) is 5.28 Å². The third-order valence-corrected chi connectivity index (χ3v) is 4.82. The van der Waals surface area contributed by atoms with Gasteiger partial charge in [-0.25, -0.2) is 9.97 Å². The highest BCUT2D eigenvalue weighted by Gasteiger charge is 2.20. The molecule has 9 heteroatoms. The van der Waals surface area contributed by atoms with Gasteiger partial charge in [0.1, 0.15) is 17.5 Å². The van der Waals surface area contributed by atoms with Crippen molar-refractivity contribution < 1.29 is 0 Å². The van der Waals surface area contributed by atoms with Crippen LogP contribution in [0, 0.1) is 11.3 Å². The Morgan fingerprint density at radius 3 is 2.79 bits per heavy atom. The zero-order chi connectivity index (χ0) is 19.8. The van der Waals surface area contributed by atoms with Crippen molar-refractivity contribution in [2.75, 3.05) is 5.32 Å². The van der Waals surface area contributed by atoms with Crippen LogP contribution in [0.1, 0.15) is 24.2 Å². The summed E-state index contributed by atoms with van der Waals surface area (Å²) in [6, 6.07) is 7.86. The first-order valence-corrected chi connectivity index (χ1v) is 8.99. The molecular formula is C19H17ClN8. The predicted molar refractivity (Wildman–Crippen MR) is 107 cm³/mol. The standard InChI is InChI=1S/C19H17ClN8/c1-11(24-18-12(9-21)10-22-19(20)26-18)17-13(15-4-6-23-28(15)3)8-16-14(25-17)5-7-27(16)2/h4-8,10-11H,1-3H3,(H,22,24,26). The number of aryl methyl sites for hydroxylation is 2. The van der Waals surface area contributed by atoms with Crippen molar-refractivity contribution in [1.29, 1.82) is 5.26 Å². The van der Waals surface area contributed by atoms with Gasteiger partial charge in [-0.3, -0.25) is 4.68 Å². The van der Waals surface area contributed by atoms with Crippen LogP contribution < -0.4 is 5.32 Å². The van der Waals surface area contributed by atoms with E-state index < -0.39 is 0 Å². The number of fused-ring (bicyclic) bond motifs is 1. The fourth-order valence-corrected chi connectivity index (χ4v) is 3.33. The van der Waals surface area contributed by atoms with Gasteiger partial charge >= 0.3 is 0 Å².